The molecule has 1 aromatic carbocycles. The molecule has 90 valence electrons. The summed E-state index contributed by atoms with van der Waals surface area (Å²) in [6.07, 6.45) is 0. The number of carbonyl (C=O) groups is 2. The lowest BCUT2D eigenvalue weighted by Crippen LogP contribution is -2.33. The average molecular weight is 250 g/mol. The van der Waals surface area contributed by atoms with Crippen LogP contribution in [0.25, 0.3) is 0 Å². The van der Waals surface area contributed by atoms with Crippen LogP contribution in [0.5, 0.6) is 0 Å². The molecule has 4 nitrogen and oxygen atoms in total. The zero-order valence-electron chi connectivity index (χ0n) is 9.82. The van der Waals surface area contributed by atoms with E-state index in [0.29, 0.717) is 0 Å². The van der Waals surface area contributed by atoms with Crippen molar-refractivity contribution in [2.45, 2.75) is 13.8 Å². The van der Waals surface area contributed by atoms with Gasteiger partial charge in [-0.05, 0) is 31.0 Å². The molecule has 1 aliphatic rings. The van der Waals surface area contributed by atoms with E-state index in [1.54, 1.807) is 0 Å². The highest BCUT2D eigenvalue weighted by Gasteiger charge is 2.29. The van der Waals surface area contributed by atoms with E-state index in [-0.39, 0.29) is 23.6 Å². The Morgan fingerprint density at radius 2 is 2.12 bits per heavy atom. The summed E-state index contributed by atoms with van der Waals surface area (Å²) in [5, 5.41) is 2.95. The quantitative estimate of drug-likeness (QED) is 0.894. The molecule has 0 aromatic heterocycles. The third-order valence-corrected chi connectivity index (χ3v) is 3.52. The van der Waals surface area contributed by atoms with E-state index in [2.05, 4.69) is 5.32 Å². The topological polar surface area (TPSA) is 49.4 Å². The summed E-state index contributed by atoms with van der Waals surface area (Å²) >= 11 is 1.05. The number of carbonyl (C=O) groups excluding carboxylic acids is 2. The van der Waals surface area contributed by atoms with Crippen LogP contribution in [0.1, 0.15) is 11.1 Å². The van der Waals surface area contributed by atoms with E-state index in [9.17, 15) is 9.59 Å². The Bertz CT molecular complexity index is 458. The Morgan fingerprint density at radius 3 is 2.76 bits per heavy atom. The zero-order valence-corrected chi connectivity index (χ0v) is 10.6. The van der Waals surface area contributed by atoms with E-state index in [0.717, 1.165) is 28.6 Å². The van der Waals surface area contributed by atoms with Crippen molar-refractivity contribution in [3.8, 4) is 0 Å². The summed E-state index contributed by atoms with van der Waals surface area (Å²) < 4.78 is 0. The summed E-state index contributed by atoms with van der Waals surface area (Å²) in [7, 11) is 0. The predicted molar refractivity (Wildman–Crippen MR) is 69.1 cm³/mol. The van der Waals surface area contributed by atoms with Gasteiger partial charge in [0.25, 0.3) is 5.24 Å². The summed E-state index contributed by atoms with van der Waals surface area (Å²) in [5.41, 5.74) is 3.20. The molecule has 5 heteroatoms. The summed E-state index contributed by atoms with van der Waals surface area (Å²) in [5.74, 6) is 0.130. The molecule has 0 bridgehead atoms. The van der Waals surface area contributed by atoms with Gasteiger partial charge in [-0.15, -0.1) is 0 Å². The van der Waals surface area contributed by atoms with Gasteiger partial charge >= 0.3 is 0 Å². The first-order chi connectivity index (χ1) is 8.08. The normalized spacial score (nSPS) is 15.5. The highest BCUT2D eigenvalue weighted by molar-refractivity contribution is 8.14. The minimum atomic E-state index is -0.173. The third kappa shape index (κ3) is 2.61. The maximum Gasteiger partial charge on any atom is 0.290 e. The number of rotatable bonds is 3. The first-order valence-corrected chi connectivity index (χ1v) is 6.35. The van der Waals surface area contributed by atoms with Gasteiger partial charge in [0.15, 0.2) is 0 Å². The lowest BCUT2D eigenvalue weighted by atomic mass is 10.1. The molecule has 2 amide bonds. The molecular weight excluding hydrogens is 236 g/mol. The Kier molecular flexibility index (Phi) is 3.38. The molecule has 0 saturated carbocycles. The number of nitrogens with one attached hydrogen (secondary N) is 1. The van der Waals surface area contributed by atoms with Gasteiger partial charge in [0.2, 0.25) is 5.91 Å². The van der Waals surface area contributed by atoms with Crippen LogP contribution in [0.4, 0.5) is 10.5 Å². The number of imide groups is 1. The molecular formula is C12H14N2O2S. The lowest BCUT2D eigenvalue weighted by Gasteiger charge is -2.16. The molecule has 1 aliphatic heterocycles. The smallest absolute Gasteiger partial charge is 0.290 e. The van der Waals surface area contributed by atoms with E-state index in [1.165, 1.54) is 4.90 Å². The van der Waals surface area contributed by atoms with Crippen LogP contribution in [-0.2, 0) is 4.79 Å². The SMILES string of the molecule is Cc1ccc(C)c(NCN2C(=O)CSC2=O)c1. The first kappa shape index (κ1) is 12.0. The van der Waals surface area contributed by atoms with Gasteiger partial charge in [-0.2, -0.15) is 0 Å². The van der Waals surface area contributed by atoms with E-state index in [4.69, 9.17) is 0 Å². The van der Waals surface area contributed by atoms with Crippen LogP contribution in [0.15, 0.2) is 18.2 Å². The standard InChI is InChI=1S/C12H14N2O2S/c1-8-3-4-9(2)10(5-8)13-7-14-11(15)6-17-12(14)16/h3-5,13H,6-7H2,1-2H3. The number of amides is 2. The van der Waals surface area contributed by atoms with Gasteiger partial charge in [-0.3, -0.25) is 14.5 Å². The van der Waals surface area contributed by atoms with Crippen LogP contribution in [-0.4, -0.2) is 28.5 Å². The number of benzene rings is 1. The van der Waals surface area contributed by atoms with E-state index < -0.39 is 0 Å². The summed E-state index contributed by atoms with van der Waals surface area (Å²) in [6.45, 7) is 4.24. The molecule has 0 radical (unpaired) electrons. The number of anilines is 1. The van der Waals surface area contributed by atoms with Gasteiger partial charge in [0.1, 0.15) is 0 Å². The molecule has 2 rings (SSSR count). The Labute approximate surface area is 104 Å². The molecule has 0 atom stereocenters. The minimum absolute atomic E-state index is 0.127. The van der Waals surface area contributed by atoms with Crippen LogP contribution in [0.2, 0.25) is 0 Å². The second-order valence-electron chi connectivity index (χ2n) is 4.03. The first-order valence-electron chi connectivity index (χ1n) is 5.36. The number of aryl methyl sites for hydroxylation is 2. The van der Waals surface area contributed by atoms with Gasteiger partial charge < -0.3 is 5.32 Å². The monoisotopic (exact) mass is 250 g/mol. The van der Waals surface area contributed by atoms with Crippen LogP contribution in [0, 0.1) is 13.8 Å². The predicted octanol–water partition coefficient (Wildman–Crippen LogP) is 2.37. The molecule has 1 heterocycles. The molecule has 1 N–H and O–H groups in total. The minimum Gasteiger partial charge on any atom is -0.367 e. The maximum atomic E-state index is 11.4. The molecule has 0 aliphatic carbocycles. The van der Waals surface area contributed by atoms with Crippen molar-refractivity contribution >= 4 is 28.6 Å². The average Bonchev–Trinajstić information content (AvgIpc) is 2.61. The summed E-state index contributed by atoms with van der Waals surface area (Å²) in [6, 6.07) is 6.05. The molecule has 1 fully saturated rings. The maximum absolute atomic E-state index is 11.4. The molecule has 1 aromatic rings. The second-order valence-corrected chi connectivity index (χ2v) is 4.96. The van der Waals surface area contributed by atoms with Crippen LogP contribution in [0.3, 0.4) is 0 Å². The fraction of sp³-hybridized carbons (Fsp3) is 0.333. The van der Waals surface area contributed by atoms with Crippen molar-refractivity contribution in [3.05, 3.63) is 29.3 Å². The fourth-order valence-electron chi connectivity index (χ4n) is 1.62. The van der Waals surface area contributed by atoms with Crippen molar-refractivity contribution in [3.63, 3.8) is 0 Å². The Balaban J connectivity index is 2.04. The van der Waals surface area contributed by atoms with Gasteiger partial charge in [0, 0.05) is 5.69 Å². The Morgan fingerprint density at radius 1 is 1.35 bits per heavy atom. The molecule has 0 unspecified atom stereocenters. The molecule has 17 heavy (non-hydrogen) atoms. The number of nitrogens with zero attached hydrogens (tertiary/aromatic N) is 1. The number of hydrogen-bond acceptors (Lipinski definition) is 4. The Hall–Kier alpha value is -1.49. The van der Waals surface area contributed by atoms with Crippen molar-refractivity contribution in [1.82, 2.24) is 4.90 Å². The summed E-state index contributed by atoms with van der Waals surface area (Å²) in [4.78, 5) is 24.0. The lowest BCUT2D eigenvalue weighted by molar-refractivity contribution is -0.124. The second kappa shape index (κ2) is 4.79. The molecule has 0 spiro atoms. The van der Waals surface area contributed by atoms with Gasteiger partial charge in [0.05, 0.1) is 12.4 Å². The van der Waals surface area contributed by atoms with Gasteiger partial charge in [-0.1, -0.05) is 23.9 Å². The van der Waals surface area contributed by atoms with Crippen LogP contribution < -0.4 is 5.32 Å². The largest absolute Gasteiger partial charge is 0.367 e. The van der Waals surface area contributed by atoms with Crippen molar-refractivity contribution in [2.75, 3.05) is 17.7 Å². The zero-order chi connectivity index (χ0) is 12.4. The van der Waals surface area contributed by atoms with E-state index >= 15 is 0 Å². The third-order valence-electron chi connectivity index (χ3n) is 2.66. The highest BCUT2D eigenvalue weighted by atomic mass is 32.2. The number of hydrogen-bond donors (Lipinski definition) is 1. The molecule has 1 saturated heterocycles. The van der Waals surface area contributed by atoms with Crippen LogP contribution >= 0.6 is 11.8 Å². The van der Waals surface area contributed by atoms with Crippen molar-refractivity contribution in [2.24, 2.45) is 0 Å². The van der Waals surface area contributed by atoms with Gasteiger partial charge in [-0.25, -0.2) is 0 Å². The van der Waals surface area contributed by atoms with E-state index in [1.807, 2.05) is 32.0 Å². The van der Waals surface area contributed by atoms with Crippen molar-refractivity contribution < 1.29 is 9.59 Å². The number of thioether (sulfide) groups is 1. The van der Waals surface area contributed by atoms with Crippen molar-refractivity contribution in [1.29, 1.82) is 0 Å². The fourth-order valence-corrected chi connectivity index (χ4v) is 2.35. The highest BCUT2D eigenvalue weighted by Crippen LogP contribution is 2.20.